The van der Waals surface area contributed by atoms with E-state index in [1.165, 1.54) is 5.39 Å². The standard InChI is InChI=1S/C17H13ClN2O/c1-19-8-7-11-5-6-13(9-15(11)19)20-10-12-3-2-4-14(18)16(12)17(20)21/h2-9H,10H2,1H3. The third kappa shape index (κ3) is 1.78. The Labute approximate surface area is 127 Å². The van der Waals surface area contributed by atoms with Crippen molar-refractivity contribution >= 4 is 34.1 Å². The van der Waals surface area contributed by atoms with Crippen molar-refractivity contribution in [2.45, 2.75) is 6.54 Å². The van der Waals surface area contributed by atoms with E-state index in [0.717, 1.165) is 16.8 Å². The lowest BCUT2D eigenvalue weighted by atomic mass is 10.1. The van der Waals surface area contributed by atoms with E-state index in [4.69, 9.17) is 11.6 Å². The predicted octanol–water partition coefficient (Wildman–Crippen LogP) is 3.99. The van der Waals surface area contributed by atoms with Crippen molar-refractivity contribution < 1.29 is 4.79 Å². The fraction of sp³-hybridized carbons (Fsp3) is 0.118. The molecule has 0 atom stereocenters. The molecule has 0 bridgehead atoms. The number of anilines is 1. The van der Waals surface area contributed by atoms with Crippen LogP contribution in [0.2, 0.25) is 5.02 Å². The molecule has 0 saturated carbocycles. The van der Waals surface area contributed by atoms with Gasteiger partial charge in [0, 0.05) is 24.4 Å². The highest BCUT2D eigenvalue weighted by Crippen LogP contribution is 2.33. The first-order valence-corrected chi connectivity index (χ1v) is 7.17. The van der Waals surface area contributed by atoms with Gasteiger partial charge in [-0.3, -0.25) is 4.79 Å². The minimum absolute atomic E-state index is 0.0239. The summed E-state index contributed by atoms with van der Waals surface area (Å²) < 4.78 is 2.06. The van der Waals surface area contributed by atoms with Crippen molar-refractivity contribution in [2.24, 2.45) is 7.05 Å². The molecule has 0 aliphatic carbocycles. The number of carbonyl (C=O) groups excluding carboxylic acids is 1. The number of benzene rings is 2. The van der Waals surface area contributed by atoms with Crippen molar-refractivity contribution in [3.05, 3.63) is 64.8 Å². The highest BCUT2D eigenvalue weighted by Gasteiger charge is 2.30. The number of fused-ring (bicyclic) bond motifs is 2. The molecule has 4 rings (SSSR count). The fourth-order valence-corrected chi connectivity index (χ4v) is 3.22. The molecule has 0 N–H and O–H groups in total. The van der Waals surface area contributed by atoms with E-state index in [-0.39, 0.29) is 5.91 Å². The molecular formula is C17H13ClN2O. The Bertz CT molecular complexity index is 882. The smallest absolute Gasteiger partial charge is 0.260 e. The molecule has 1 aromatic heterocycles. The summed E-state index contributed by atoms with van der Waals surface area (Å²) >= 11 is 6.17. The maximum Gasteiger partial charge on any atom is 0.260 e. The van der Waals surface area contributed by atoms with Crippen LogP contribution in [0, 0.1) is 0 Å². The van der Waals surface area contributed by atoms with Crippen LogP contribution >= 0.6 is 11.6 Å². The second-order valence-corrected chi connectivity index (χ2v) is 5.74. The Morgan fingerprint density at radius 2 is 2.00 bits per heavy atom. The van der Waals surface area contributed by atoms with Crippen LogP contribution in [0.3, 0.4) is 0 Å². The normalized spacial score (nSPS) is 14.0. The molecule has 4 heteroatoms. The second kappa shape index (κ2) is 4.37. The number of amides is 1. The minimum Gasteiger partial charge on any atom is -0.350 e. The zero-order valence-corrected chi connectivity index (χ0v) is 12.3. The zero-order chi connectivity index (χ0) is 14.6. The van der Waals surface area contributed by atoms with Gasteiger partial charge in [0.05, 0.1) is 17.1 Å². The summed E-state index contributed by atoms with van der Waals surface area (Å²) in [7, 11) is 2.00. The van der Waals surface area contributed by atoms with Crippen LogP contribution in [0.5, 0.6) is 0 Å². The summed E-state index contributed by atoms with van der Waals surface area (Å²) in [5.41, 5.74) is 3.63. The van der Waals surface area contributed by atoms with Gasteiger partial charge in [-0.15, -0.1) is 0 Å². The van der Waals surface area contributed by atoms with Gasteiger partial charge in [-0.05, 0) is 35.2 Å². The van der Waals surface area contributed by atoms with Crippen LogP contribution in [-0.2, 0) is 13.6 Å². The van der Waals surface area contributed by atoms with E-state index in [0.29, 0.717) is 17.1 Å². The van der Waals surface area contributed by atoms with Gasteiger partial charge in [0.2, 0.25) is 0 Å². The molecule has 1 amide bonds. The molecule has 2 heterocycles. The number of carbonyl (C=O) groups is 1. The van der Waals surface area contributed by atoms with Gasteiger partial charge in [0.15, 0.2) is 0 Å². The molecule has 0 fully saturated rings. The molecular weight excluding hydrogens is 284 g/mol. The van der Waals surface area contributed by atoms with E-state index in [9.17, 15) is 4.79 Å². The highest BCUT2D eigenvalue weighted by molar-refractivity contribution is 6.35. The summed E-state index contributed by atoms with van der Waals surface area (Å²) in [6.45, 7) is 0.574. The molecule has 0 radical (unpaired) electrons. The quantitative estimate of drug-likeness (QED) is 0.666. The van der Waals surface area contributed by atoms with Crippen LogP contribution < -0.4 is 4.90 Å². The van der Waals surface area contributed by atoms with Crippen molar-refractivity contribution in [1.82, 2.24) is 4.57 Å². The number of nitrogens with zero attached hydrogens (tertiary/aromatic N) is 2. The van der Waals surface area contributed by atoms with Crippen molar-refractivity contribution in [3.63, 3.8) is 0 Å². The summed E-state index contributed by atoms with van der Waals surface area (Å²) in [6.07, 6.45) is 2.02. The van der Waals surface area contributed by atoms with Gasteiger partial charge in [0.25, 0.3) is 5.91 Å². The summed E-state index contributed by atoms with van der Waals surface area (Å²) in [5.74, 6) is -0.0239. The first-order chi connectivity index (χ1) is 10.1. The molecule has 1 aliphatic rings. The van der Waals surface area contributed by atoms with E-state index >= 15 is 0 Å². The van der Waals surface area contributed by atoms with Crippen LogP contribution in [0.4, 0.5) is 5.69 Å². The number of hydrogen-bond donors (Lipinski definition) is 0. The number of aromatic nitrogens is 1. The van der Waals surface area contributed by atoms with E-state index < -0.39 is 0 Å². The Morgan fingerprint density at radius 3 is 2.81 bits per heavy atom. The van der Waals surface area contributed by atoms with Crippen molar-refractivity contribution in [3.8, 4) is 0 Å². The molecule has 2 aromatic carbocycles. The topological polar surface area (TPSA) is 25.2 Å². The third-order valence-corrected chi connectivity index (χ3v) is 4.39. The lowest BCUT2D eigenvalue weighted by Crippen LogP contribution is -2.23. The molecule has 3 aromatic rings. The molecule has 21 heavy (non-hydrogen) atoms. The summed E-state index contributed by atoms with van der Waals surface area (Å²) in [4.78, 5) is 14.4. The lowest BCUT2D eigenvalue weighted by molar-refractivity contribution is 0.0997. The van der Waals surface area contributed by atoms with Crippen molar-refractivity contribution in [1.29, 1.82) is 0 Å². The second-order valence-electron chi connectivity index (χ2n) is 5.34. The van der Waals surface area contributed by atoms with E-state index in [1.54, 1.807) is 11.0 Å². The van der Waals surface area contributed by atoms with E-state index in [1.807, 2.05) is 43.6 Å². The van der Waals surface area contributed by atoms with Gasteiger partial charge in [0.1, 0.15) is 0 Å². The highest BCUT2D eigenvalue weighted by atomic mass is 35.5. The van der Waals surface area contributed by atoms with Gasteiger partial charge in [-0.2, -0.15) is 0 Å². The number of halogens is 1. The molecule has 1 aliphatic heterocycles. The number of hydrogen-bond acceptors (Lipinski definition) is 1. The average Bonchev–Trinajstić information content (AvgIpc) is 3.01. The number of rotatable bonds is 1. The molecule has 0 spiro atoms. The van der Waals surface area contributed by atoms with Crippen LogP contribution in [0.1, 0.15) is 15.9 Å². The lowest BCUT2D eigenvalue weighted by Gasteiger charge is -2.16. The SMILES string of the molecule is Cn1ccc2ccc(N3Cc4cccc(Cl)c4C3=O)cc21. The Balaban J connectivity index is 1.82. The van der Waals surface area contributed by atoms with Gasteiger partial charge in [-0.25, -0.2) is 0 Å². The number of aryl methyl sites for hydroxylation is 1. The monoisotopic (exact) mass is 296 g/mol. The molecule has 0 unspecified atom stereocenters. The van der Waals surface area contributed by atoms with Gasteiger partial charge in [-0.1, -0.05) is 29.8 Å². The maximum atomic E-state index is 12.6. The van der Waals surface area contributed by atoms with Gasteiger partial charge < -0.3 is 9.47 Å². The third-order valence-electron chi connectivity index (χ3n) is 4.07. The van der Waals surface area contributed by atoms with Crippen molar-refractivity contribution in [2.75, 3.05) is 4.90 Å². The van der Waals surface area contributed by atoms with Gasteiger partial charge >= 0.3 is 0 Å². The summed E-state index contributed by atoms with van der Waals surface area (Å²) in [5, 5.41) is 1.70. The molecule has 0 saturated heterocycles. The minimum atomic E-state index is -0.0239. The fourth-order valence-electron chi connectivity index (χ4n) is 2.94. The molecule has 3 nitrogen and oxygen atoms in total. The van der Waals surface area contributed by atoms with E-state index in [2.05, 4.69) is 10.6 Å². The van der Waals surface area contributed by atoms with Crippen LogP contribution in [0.25, 0.3) is 10.9 Å². The van der Waals surface area contributed by atoms with Crippen LogP contribution in [-0.4, -0.2) is 10.5 Å². The molecule has 104 valence electrons. The Kier molecular flexibility index (Phi) is 2.59. The van der Waals surface area contributed by atoms with Crippen LogP contribution in [0.15, 0.2) is 48.7 Å². The first-order valence-electron chi connectivity index (χ1n) is 6.79. The Morgan fingerprint density at radius 1 is 1.14 bits per heavy atom. The zero-order valence-electron chi connectivity index (χ0n) is 11.5. The predicted molar refractivity (Wildman–Crippen MR) is 84.9 cm³/mol. The summed E-state index contributed by atoms with van der Waals surface area (Å²) in [6, 6.07) is 13.8. The Hall–Kier alpha value is -2.26. The first kappa shape index (κ1) is 12.5. The maximum absolute atomic E-state index is 12.6. The largest absolute Gasteiger partial charge is 0.350 e. The average molecular weight is 297 g/mol.